The van der Waals surface area contributed by atoms with Crippen LogP contribution in [0.15, 0.2) is 0 Å². The first-order valence-corrected chi connectivity index (χ1v) is 5.97. The lowest BCUT2D eigenvalue weighted by atomic mass is 9.65. The predicted molar refractivity (Wildman–Crippen MR) is 79.3 cm³/mol. The fourth-order valence-corrected chi connectivity index (χ4v) is 1.87. The van der Waals surface area contributed by atoms with E-state index in [2.05, 4.69) is 0 Å². The number of hydrogen-bond donors (Lipinski definition) is 4. The molecular formula is C12H28Cl2N2O2. The largest absolute Gasteiger partial charge is 0.392 e. The zero-order chi connectivity index (χ0) is 12.7. The molecular weight excluding hydrogens is 275 g/mol. The van der Waals surface area contributed by atoms with E-state index < -0.39 is 0 Å². The second kappa shape index (κ2) is 6.73. The summed E-state index contributed by atoms with van der Waals surface area (Å²) in [6.45, 7) is 7.97. The molecule has 2 saturated carbocycles. The second-order valence-electron chi connectivity index (χ2n) is 6.36. The SMILES string of the molecule is CC1(C)[C@@H](N)C[C@@H]1O.CC1(C)[C@H](N)C[C@H]1O.Cl.Cl. The van der Waals surface area contributed by atoms with Crippen LogP contribution in [0.2, 0.25) is 0 Å². The Morgan fingerprint density at radius 1 is 0.778 bits per heavy atom. The summed E-state index contributed by atoms with van der Waals surface area (Å²) >= 11 is 0. The summed E-state index contributed by atoms with van der Waals surface area (Å²) in [6, 6.07) is 0.412. The Labute approximate surface area is 122 Å². The fraction of sp³-hybridized carbons (Fsp3) is 1.00. The number of hydrogen-bond acceptors (Lipinski definition) is 4. The molecule has 4 nitrogen and oxygen atoms in total. The van der Waals surface area contributed by atoms with Gasteiger partial charge in [0.05, 0.1) is 12.2 Å². The van der Waals surface area contributed by atoms with Gasteiger partial charge in [0.1, 0.15) is 0 Å². The summed E-state index contributed by atoms with van der Waals surface area (Å²) in [4.78, 5) is 0. The van der Waals surface area contributed by atoms with Crippen molar-refractivity contribution >= 4 is 24.8 Å². The normalized spacial score (nSPS) is 38.7. The average molecular weight is 303 g/mol. The first kappa shape index (κ1) is 20.7. The van der Waals surface area contributed by atoms with Crippen molar-refractivity contribution in [3.05, 3.63) is 0 Å². The highest BCUT2D eigenvalue weighted by Crippen LogP contribution is 2.39. The minimum absolute atomic E-state index is 0. The van der Waals surface area contributed by atoms with Gasteiger partial charge in [0.25, 0.3) is 0 Å². The number of nitrogens with two attached hydrogens (primary N) is 2. The molecule has 2 rings (SSSR count). The minimum atomic E-state index is -0.169. The van der Waals surface area contributed by atoms with Crippen LogP contribution in [0.4, 0.5) is 0 Å². The summed E-state index contributed by atoms with van der Waals surface area (Å²) in [5.74, 6) is 0. The van der Waals surface area contributed by atoms with Gasteiger partial charge in [-0.3, -0.25) is 0 Å². The van der Waals surface area contributed by atoms with Crippen molar-refractivity contribution in [3.8, 4) is 0 Å². The van der Waals surface area contributed by atoms with Gasteiger partial charge >= 0.3 is 0 Å². The molecule has 0 saturated heterocycles. The highest BCUT2D eigenvalue weighted by Gasteiger charge is 2.45. The standard InChI is InChI=1S/2C6H13NO.2ClH/c2*1-6(2)4(7)3-5(6)8;;/h2*4-5,8H,3,7H2,1-2H3;2*1H/t2*4-,5-;;/m10../s1. The summed E-state index contributed by atoms with van der Waals surface area (Å²) in [5, 5.41) is 18.1. The third kappa shape index (κ3) is 3.71. The van der Waals surface area contributed by atoms with Crippen LogP contribution in [0.5, 0.6) is 0 Å². The lowest BCUT2D eigenvalue weighted by Gasteiger charge is -2.47. The van der Waals surface area contributed by atoms with Crippen molar-refractivity contribution in [1.82, 2.24) is 0 Å². The van der Waals surface area contributed by atoms with Crippen molar-refractivity contribution in [1.29, 1.82) is 0 Å². The molecule has 2 fully saturated rings. The number of aliphatic hydroxyl groups is 2. The van der Waals surface area contributed by atoms with Crippen molar-refractivity contribution in [2.75, 3.05) is 0 Å². The quantitative estimate of drug-likeness (QED) is 0.538. The molecule has 2 aliphatic carbocycles. The Kier molecular flexibility index (Phi) is 7.75. The van der Waals surface area contributed by atoms with E-state index in [1.165, 1.54) is 0 Å². The van der Waals surface area contributed by atoms with Crippen LogP contribution in [-0.4, -0.2) is 34.5 Å². The topological polar surface area (TPSA) is 92.5 Å². The van der Waals surface area contributed by atoms with E-state index in [0.29, 0.717) is 0 Å². The maximum Gasteiger partial charge on any atom is 0.0620 e. The van der Waals surface area contributed by atoms with Crippen molar-refractivity contribution in [3.63, 3.8) is 0 Å². The van der Waals surface area contributed by atoms with Gasteiger partial charge in [0, 0.05) is 22.9 Å². The molecule has 2 aliphatic rings. The predicted octanol–water partition coefficient (Wildman–Crippen LogP) is 1.05. The molecule has 18 heavy (non-hydrogen) atoms. The van der Waals surface area contributed by atoms with E-state index in [1.54, 1.807) is 0 Å². The zero-order valence-corrected chi connectivity index (χ0v) is 13.2. The molecule has 0 radical (unpaired) electrons. The van der Waals surface area contributed by atoms with Crippen LogP contribution in [0, 0.1) is 10.8 Å². The Hall–Kier alpha value is 0.420. The van der Waals surface area contributed by atoms with E-state index in [9.17, 15) is 0 Å². The van der Waals surface area contributed by atoms with Gasteiger partial charge in [0.15, 0.2) is 0 Å². The Morgan fingerprint density at radius 2 is 1.00 bits per heavy atom. The van der Waals surface area contributed by atoms with Crippen LogP contribution in [0.25, 0.3) is 0 Å². The second-order valence-corrected chi connectivity index (χ2v) is 6.36. The monoisotopic (exact) mass is 302 g/mol. The van der Waals surface area contributed by atoms with Crippen LogP contribution < -0.4 is 11.5 Å². The lowest BCUT2D eigenvalue weighted by Crippen LogP contribution is -2.57. The average Bonchev–Trinajstić information content (AvgIpc) is 2.20. The van der Waals surface area contributed by atoms with Crippen LogP contribution in [0.1, 0.15) is 40.5 Å². The maximum absolute atomic E-state index is 9.07. The zero-order valence-electron chi connectivity index (χ0n) is 11.6. The van der Waals surface area contributed by atoms with E-state index in [-0.39, 0.29) is 59.9 Å². The molecule has 0 aromatic rings. The van der Waals surface area contributed by atoms with E-state index in [4.69, 9.17) is 21.7 Å². The van der Waals surface area contributed by atoms with Gasteiger partial charge < -0.3 is 21.7 Å². The first-order chi connectivity index (χ1) is 7.10. The summed E-state index contributed by atoms with van der Waals surface area (Å²) in [5.41, 5.74) is 11.1. The number of halogens is 2. The summed E-state index contributed by atoms with van der Waals surface area (Å²) in [7, 11) is 0. The smallest absolute Gasteiger partial charge is 0.0620 e. The van der Waals surface area contributed by atoms with Gasteiger partial charge in [-0.15, -0.1) is 24.8 Å². The molecule has 0 aromatic carbocycles. The molecule has 0 bridgehead atoms. The molecule has 112 valence electrons. The Bertz CT molecular complexity index is 216. The molecule has 6 N–H and O–H groups in total. The van der Waals surface area contributed by atoms with E-state index >= 15 is 0 Å². The highest BCUT2D eigenvalue weighted by molar-refractivity contribution is 5.85. The third-order valence-electron chi connectivity index (χ3n) is 4.58. The maximum atomic E-state index is 9.07. The third-order valence-corrected chi connectivity index (χ3v) is 4.58. The molecule has 6 heteroatoms. The number of rotatable bonds is 0. The Morgan fingerprint density at radius 3 is 1.00 bits per heavy atom. The molecule has 0 amide bonds. The molecule has 0 unspecified atom stereocenters. The van der Waals surface area contributed by atoms with Gasteiger partial charge in [-0.05, 0) is 12.8 Å². The van der Waals surface area contributed by atoms with Gasteiger partial charge in [-0.25, -0.2) is 0 Å². The molecule has 0 aromatic heterocycles. The molecule has 4 atom stereocenters. The summed E-state index contributed by atoms with van der Waals surface area (Å²) in [6.07, 6.45) is 1.20. The van der Waals surface area contributed by atoms with Crippen LogP contribution in [0.3, 0.4) is 0 Å². The van der Waals surface area contributed by atoms with Gasteiger partial charge in [-0.2, -0.15) is 0 Å². The first-order valence-electron chi connectivity index (χ1n) is 5.97. The fourth-order valence-electron chi connectivity index (χ4n) is 1.87. The molecule has 0 aliphatic heterocycles. The van der Waals surface area contributed by atoms with Crippen molar-refractivity contribution < 1.29 is 10.2 Å². The Balaban J connectivity index is 0. The van der Waals surface area contributed by atoms with E-state index in [1.807, 2.05) is 27.7 Å². The van der Waals surface area contributed by atoms with Crippen molar-refractivity contribution in [2.24, 2.45) is 22.3 Å². The number of aliphatic hydroxyl groups excluding tert-OH is 2. The van der Waals surface area contributed by atoms with Gasteiger partial charge in [-0.1, -0.05) is 27.7 Å². The highest BCUT2D eigenvalue weighted by atomic mass is 35.5. The molecule has 0 spiro atoms. The van der Waals surface area contributed by atoms with Crippen LogP contribution in [-0.2, 0) is 0 Å². The molecule has 0 heterocycles. The van der Waals surface area contributed by atoms with Crippen molar-refractivity contribution in [2.45, 2.75) is 64.8 Å². The van der Waals surface area contributed by atoms with E-state index in [0.717, 1.165) is 12.8 Å². The lowest BCUT2D eigenvalue weighted by molar-refractivity contribution is -0.0586. The minimum Gasteiger partial charge on any atom is -0.392 e. The van der Waals surface area contributed by atoms with Gasteiger partial charge in [0.2, 0.25) is 0 Å². The van der Waals surface area contributed by atoms with Crippen LogP contribution >= 0.6 is 24.8 Å². The summed E-state index contributed by atoms with van der Waals surface area (Å²) < 4.78 is 0.